The number of rotatable bonds is 5. The van der Waals surface area contributed by atoms with Crippen molar-refractivity contribution in [2.45, 2.75) is 19.1 Å². The van der Waals surface area contributed by atoms with Crippen LogP contribution >= 0.6 is 0 Å². The maximum Gasteiger partial charge on any atom is 0.223 e. The van der Waals surface area contributed by atoms with Crippen LogP contribution in [0.25, 0.3) is 5.69 Å². The maximum atomic E-state index is 12.5. The highest BCUT2D eigenvalue weighted by Crippen LogP contribution is 2.21. The fraction of sp³-hybridized carbons (Fsp3) is 0.421. The minimum atomic E-state index is -0.403. The second kappa shape index (κ2) is 7.20. The molecule has 0 unspecified atom stereocenters. The van der Waals surface area contributed by atoms with Gasteiger partial charge in [0.2, 0.25) is 5.91 Å². The Balaban J connectivity index is 1.67. The van der Waals surface area contributed by atoms with E-state index < -0.39 is 6.10 Å². The number of aliphatic hydroxyl groups excluding tert-OH is 1. The molecule has 128 valence electrons. The molecule has 1 saturated heterocycles. The Morgan fingerprint density at radius 2 is 1.92 bits per heavy atom. The molecule has 1 N–H and O–H groups in total. The molecular formula is C19H25N3O2. The molecule has 0 saturated carbocycles. The monoisotopic (exact) mass is 327 g/mol. The first-order valence-corrected chi connectivity index (χ1v) is 8.36. The van der Waals surface area contributed by atoms with Crippen LogP contribution in [0.5, 0.6) is 0 Å². The normalized spacial score (nSPS) is 21.1. The molecule has 1 fully saturated rings. The van der Waals surface area contributed by atoms with Gasteiger partial charge in [-0.15, -0.1) is 0 Å². The zero-order chi connectivity index (χ0) is 17.1. The van der Waals surface area contributed by atoms with Crippen molar-refractivity contribution in [3.8, 4) is 5.69 Å². The Bertz CT molecular complexity index is 684. The summed E-state index contributed by atoms with van der Waals surface area (Å²) in [5.74, 6) is 0.112. The highest BCUT2D eigenvalue weighted by Gasteiger charge is 2.31. The van der Waals surface area contributed by atoms with Crippen molar-refractivity contribution in [3.05, 3.63) is 54.4 Å². The van der Waals surface area contributed by atoms with E-state index in [9.17, 15) is 9.90 Å². The fourth-order valence-electron chi connectivity index (χ4n) is 3.38. The van der Waals surface area contributed by atoms with Gasteiger partial charge >= 0.3 is 0 Å². The van der Waals surface area contributed by atoms with Crippen molar-refractivity contribution in [1.29, 1.82) is 0 Å². The quantitative estimate of drug-likeness (QED) is 0.910. The smallest absolute Gasteiger partial charge is 0.223 e. The lowest BCUT2D eigenvalue weighted by Gasteiger charge is -2.22. The largest absolute Gasteiger partial charge is 0.391 e. The second-order valence-corrected chi connectivity index (χ2v) is 6.72. The predicted octanol–water partition coefficient (Wildman–Crippen LogP) is 1.75. The fourth-order valence-corrected chi connectivity index (χ4v) is 3.38. The average Bonchev–Trinajstić information content (AvgIpc) is 3.18. The molecule has 1 aromatic carbocycles. The number of likely N-dealkylation sites (N-methyl/N-ethyl adjacent to an activating group) is 1. The summed E-state index contributed by atoms with van der Waals surface area (Å²) in [6.07, 6.45) is 4.00. The van der Waals surface area contributed by atoms with E-state index in [4.69, 9.17) is 0 Å². The third kappa shape index (κ3) is 3.68. The molecule has 2 heterocycles. The molecule has 2 atom stereocenters. The van der Waals surface area contributed by atoms with Crippen LogP contribution in [0.15, 0.2) is 48.8 Å². The number of benzene rings is 1. The van der Waals surface area contributed by atoms with Gasteiger partial charge in [0.25, 0.3) is 0 Å². The lowest BCUT2D eigenvalue weighted by molar-refractivity contribution is -0.132. The average molecular weight is 327 g/mol. The molecule has 1 aromatic heterocycles. The molecular weight excluding hydrogens is 302 g/mol. The van der Waals surface area contributed by atoms with E-state index in [-0.39, 0.29) is 11.8 Å². The van der Waals surface area contributed by atoms with Crippen molar-refractivity contribution in [2.24, 2.45) is 5.92 Å². The molecule has 3 rings (SSSR count). The summed E-state index contributed by atoms with van der Waals surface area (Å²) >= 11 is 0. The molecule has 0 bridgehead atoms. The standard InChI is InChI=1S/C19H25N3O2/c1-20-12-16(18(23)14-20)11-19(24)21(2)13-15-7-3-4-8-17(15)22-9-5-6-10-22/h3-10,16,18,23H,11-14H2,1-2H3/t16-,18-/m1/s1. The van der Waals surface area contributed by atoms with Crippen LogP contribution in [0.2, 0.25) is 0 Å². The highest BCUT2D eigenvalue weighted by atomic mass is 16.3. The van der Waals surface area contributed by atoms with E-state index in [2.05, 4.69) is 21.6 Å². The van der Waals surface area contributed by atoms with E-state index in [0.717, 1.165) is 17.8 Å². The van der Waals surface area contributed by atoms with Gasteiger partial charge < -0.3 is 19.5 Å². The summed E-state index contributed by atoms with van der Waals surface area (Å²) in [7, 11) is 3.81. The van der Waals surface area contributed by atoms with E-state index in [1.54, 1.807) is 4.90 Å². The maximum absolute atomic E-state index is 12.5. The molecule has 1 amide bonds. The molecule has 1 aliphatic rings. The van der Waals surface area contributed by atoms with Crippen LogP contribution in [0, 0.1) is 5.92 Å². The van der Waals surface area contributed by atoms with Gasteiger partial charge in [0.1, 0.15) is 0 Å². The number of carbonyl (C=O) groups is 1. The van der Waals surface area contributed by atoms with Crippen molar-refractivity contribution < 1.29 is 9.90 Å². The Hall–Kier alpha value is -2.11. The van der Waals surface area contributed by atoms with E-state index in [1.807, 2.05) is 50.8 Å². The van der Waals surface area contributed by atoms with Gasteiger partial charge in [0.15, 0.2) is 0 Å². The number of carbonyl (C=O) groups excluding carboxylic acids is 1. The number of aromatic nitrogens is 1. The SMILES string of the molecule is CN1C[C@@H](CC(=O)N(C)Cc2ccccc2-n2cccc2)[C@H](O)C1. The molecule has 0 aliphatic carbocycles. The minimum absolute atomic E-state index is 0.0321. The second-order valence-electron chi connectivity index (χ2n) is 6.72. The summed E-state index contributed by atoms with van der Waals surface area (Å²) < 4.78 is 2.06. The van der Waals surface area contributed by atoms with Crippen LogP contribution in [-0.2, 0) is 11.3 Å². The molecule has 5 nitrogen and oxygen atoms in total. The van der Waals surface area contributed by atoms with Gasteiger partial charge in [-0.1, -0.05) is 18.2 Å². The van der Waals surface area contributed by atoms with E-state index in [0.29, 0.717) is 19.5 Å². The number of aliphatic hydroxyl groups is 1. The molecule has 0 spiro atoms. The van der Waals surface area contributed by atoms with Crippen molar-refractivity contribution >= 4 is 5.91 Å². The molecule has 5 heteroatoms. The van der Waals surface area contributed by atoms with Crippen LogP contribution < -0.4 is 0 Å². The summed E-state index contributed by atoms with van der Waals surface area (Å²) in [5.41, 5.74) is 2.19. The summed E-state index contributed by atoms with van der Waals surface area (Å²) in [6, 6.07) is 12.1. The number of β-amino-alcohol motifs (C(OH)–C–C–N with tert-alkyl or cyclic N) is 1. The Morgan fingerprint density at radius 1 is 1.21 bits per heavy atom. The first-order chi connectivity index (χ1) is 11.5. The van der Waals surface area contributed by atoms with Gasteiger partial charge in [0, 0.05) is 57.1 Å². The summed E-state index contributed by atoms with van der Waals surface area (Å²) in [5, 5.41) is 10.0. The number of nitrogens with zero attached hydrogens (tertiary/aromatic N) is 3. The van der Waals surface area contributed by atoms with Crippen LogP contribution in [0.4, 0.5) is 0 Å². The number of amides is 1. The third-order valence-electron chi connectivity index (χ3n) is 4.73. The van der Waals surface area contributed by atoms with Crippen LogP contribution in [0.1, 0.15) is 12.0 Å². The molecule has 1 aliphatic heterocycles. The van der Waals surface area contributed by atoms with Crippen LogP contribution in [-0.4, -0.2) is 58.7 Å². The number of hydrogen-bond acceptors (Lipinski definition) is 3. The molecule has 24 heavy (non-hydrogen) atoms. The zero-order valence-corrected chi connectivity index (χ0v) is 14.3. The molecule has 2 aromatic rings. The van der Waals surface area contributed by atoms with Crippen molar-refractivity contribution in [1.82, 2.24) is 14.4 Å². The van der Waals surface area contributed by atoms with Gasteiger partial charge in [0.05, 0.1) is 6.10 Å². The summed E-state index contributed by atoms with van der Waals surface area (Å²) in [6.45, 7) is 1.99. The lowest BCUT2D eigenvalue weighted by Crippen LogP contribution is -2.31. The van der Waals surface area contributed by atoms with Crippen molar-refractivity contribution in [2.75, 3.05) is 27.2 Å². The Morgan fingerprint density at radius 3 is 2.58 bits per heavy atom. The van der Waals surface area contributed by atoms with Gasteiger partial charge in [-0.05, 0) is 30.8 Å². The lowest BCUT2D eigenvalue weighted by atomic mass is 10.0. The van der Waals surface area contributed by atoms with Gasteiger partial charge in [-0.25, -0.2) is 0 Å². The van der Waals surface area contributed by atoms with E-state index in [1.165, 1.54) is 0 Å². The van der Waals surface area contributed by atoms with Crippen molar-refractivity contribution in [3.63, 3.8) is 0 Å². The van der Waals surface area contributed by atoms with Crippen LogP contribution in [0.3, 0.4) is 0 Å². The molecule has 0 radical (unpaired) electrons. The topological polar surface area (TPSA) is 48.7 Å². The third-order valence-corrected chi connectivity index (χ3v) is 4.73. The minimum Gasteiger partial charge on any atom is -0.391 e. The zero-order valence-electron chi connectivity index (χ0n) is 14.3. The first-order valence-electron chi connectivity index (χ1n) is 8.36. The highest BCUT2D eigenvalue weighted by molar-refractivity contribution is 5.76. The Kier molecular flexibility index (Phi) is 5.02. The number of likely N-dealkylation sites (tertiary alicyclic amines) is 1. The first kappa shape index (κ1) is 16.7. The number of para-hydroxylation sites is 1. The van der Waals surface area contributed by atoms with Gasteiger partial charge in [-0.3, -0.25) is 4.79 Å². The van der Waals surface area contributed by atoms with Gasteiger partial charge in [-0.2, -0.15) is 0 Å². The number of hydrogen-bond donors (Lipinski definition) is 1. The summed E-state index contributed by atoms with van der Waals surface area (Å²) in [4.78, 5) is 16.4. The van der Waals surface area contributed by atoms with E-state index >= 15 is 0 Å². The Labute approximate surface area is 143 Å². The predicted molar refractivity (Wildman–Crippen MR) is 93.9 cm³/mol.